The first-order valence-corrected chi connectivity index (χ1v) is 6.98. The number of rotatable bonds is 8. The summed E-state index contributed by atoms with van der Waals surface area (Å²) >= 11 is 0. The number of carbonyl (C=O) groups excluding carboxylic acids is 1. The van der Waals surface area contributed by atoms with Crippen LogP contribution in [0.15, 0.2) is 5.11 Å². The van der Waals surface area contributed by atoms with Crippen molar-refractivity contribution >= 4 is 5.91 Å². The number of hydrogen-bond acceptors (Lipinski definition) is 8. The lowest BCUT2D eigenvalue weighted by atomic mass is 9.96. The van der Waals surface area contributed by atoms with Gasteiger partial charge in [-0.15, -0.1) is 0 Å². The number of nitrogens with one attached hydrogen (secondary N) is 1. The number of amides is 1. The van der Waals surface area contributed by atoms with Gasteiger partial charge in [0.25, 0.3) is 0 Å². The fourth-order valence-corrected chi connectivity index (χ4v) is 2.18. The minimum absolute atomic E-state index is 0.0326. The quantitative estimate of drug-likeness (QED) is 0.232. The van der Waals surface area contributed by atoms with Crippen LogP contribution in [0.4, 0.5) is 0 Å². The third-order valence-corrected chi connectivity index (χ3v) is 3.21. The molecular weight excluding hydrogens is 312 g/mol. The highest BCUT2D eigenvalue weighted by Crippen LogP contribution is 2.23. The van der Waals surface area contributed by atoms with Crippen LogP contribution in [0.5, 0.6) is 0 Å². The second-order valence-corrected chi connectivity index (χ2v) is 5.11. The molecule has 0 radical (unpaired) electrons. The maximum absolute atomic E-state index is 11.3. The SMILES string of the molecule is COCC(O)CO[C@H]1O[C@H](CN=[N+]=[N-])[C@H](O)[C@H](O)[C@H]1NC(C)=O. The molecule has 132 valence electrons. The van der Waals surface area contributed by atoms with E-state index in [9.17, 15) is 20.1 Å². The predicted molar refractivity (Wildman–Crippen MR) is 76.1 cm³/mol. The third-order valence-electron chi connectivity index (χ3n) is 3.21. The van der Waals surface area contributed by atoms with Crippen molar-refractivity contribution in [1.29, 1.82) is 0 Å². The number of hydrogen-bond donors (Lipinski definition) is 4. The van der Waals surface area contributed by atoms with E-state index in [1.165, 1.54) is 14.0 Å². The van der Waals surface area contributed by atoms with Gasteiger partial charge >= 0.3 is 0 Å². The Morgan fingerprint density at radius 3 is 2.70 bits per heavy atom. The van der Waals surface area contributed by atoms with Crippen LogP contribution in [0, 0.1) is 0 Å². The van der Waals surface area contributed by atoms with Gasteiger partial charge in [-0.25, -0.2) is 0 Å². The highest BCUT2D eigenvalue weighted by atomic mass is 16.7. The third kappa shape index (κ3) is 5.92. The summed E-state index contributed by atoms with van der Waals surface area (Å²) in [6, 6.07) is -1.04. The number of nitrogens with zero attached hydrogens (tertiary/aromatic N) is 3. The molecule has 11 heteroatoms. The molecule has 1 aliphatic rings. The molecule has 0 saturated carbocycles. The van der Waals surface area contributed by atoms with Crippen LogP contribution in [0.2, 0.25) is 0 Å². The zero-order chi connectivity index (χ0) is 17.4. The Morgan fingerprint density at radius 2 is 2.13 bits per heavy atom. The van der Waals surface area contributed by atoms with E-state index in [0.717, 1.165) is 0 Å². The van der Waals surface area contributed by atoms with Gasteiger partial charge in [0.15, 0.2) is 6.29 Å². The molecule has 1 unspecified atom stereocenters. The Bertz CT molecular complexity index is 432. The van der Waals surface area contributed by atoms with Crippen molar-refractivity contribution in [3.8, 4) is 0 Å². The molecular formula is C12H22N4O7. The van der Waals surface area contributed by atoms with Gasteiger partial charge < -0.3 is 34.8 Å². The van der Waals surface area contributed by atoms with Gasteiger partial charge in [0.05, 0.1) is 25.9 Å². The minimum atomic E-state index is -1.39. The molecule has 0 spiro atoms. The first kappa shape index (κ1) is 19.6. The first-order valence-electron chi connectivity index (χ1n) is 6.98. The van der Waals surface area contributed by atoms with E-state index >= 15 is 0 Å². The summed E-state index contributed by atoms with van der Waals surface area (Å²) in [5.74, 6) is -0.454. The normalized spacial score (nSPS) is 32.0. The van der Waals surface area contributed by atoms with Crippen LogP contribution in [-0.4, -0.2) is 84.8 Å². The fraction of sp³-hybridized carbons (Fsp3) is 0.917. The van der Waals surface area contributed by atoms with Crippen molar-refractivity contribution in [2.75, 3.05) is 26.9 Å². The molecule has 1 fully saturated rings. The zero-order valence-electron chi connectivity index (χ0n) is 12.9. The molecule has 0 aromatic rings. The van der Waals surface area contributed by atoms with E-state index in [0.29, 0.717) is 0 Å². The van der Waals surface area contributed by atoms with Gasteiger partial charge in [0, 0.05) is 18.9 Å². The number of carbonyl (C=O) groups is 1. The van der Waals surface area contributed by atoms with Gasteiger partial charge in [0.1, 0.15) is 24.4 Å². The zero-order valence-corrected chi connectivity index (χ0v) is 12.9. The van der Waals surface area contributed by atoms with Crippen molar-refractivity contribution < 1.29 is 34.3 Å². The molecule has 0 aromatic carbocycles. The Hall–Kier alpha value is -1.46. The van der Waals surface area contributed by atoms with E-state index in [2.05, 4.69) is 15.3 Å². The van der Waals surface area contributed by atoms with E-state index in [-0.39, 0.29) is 19.8 Å². The van der Waals surface area contributed by atoms with Crippen LogP contribution in [0.1, 0.15) is 6.92 Å². The standard InChI is InChI=1S/C12H22N4O7/c1-6(17)15-9-11(20)10(19)8(3-14-16-13)23-12(9)22-5-7(18)4-21-2/h7-12,18-20H,3-5H2,1-2H3,(H,15,17)/t7?,8-,9-,10+,11-,12+/m1/s1. The maximum Gasteiger partial charge on any atom is 0.217 e. The van der Waals surface area contributed by atoms with E-state index < -0.39 is 42.7 Å². The van der Waals surface area contributed by atoms with E-state index in [1.54, 1.807) is 0 Å². The monoisotopic (exact) mass is 334 g/mol. The summed E-state index contributed by atoms with van der Waals surface area (Å²) in [5, 5.41) is 35.5. The van der Waals surface area contributed by atoms with Gasteiger partial charge in [0.2, 0.25) is 5.91 Å². The van der Waals surface area contributed by atoms with Crippen molar-refractivity contribution in [2.45, 2.75) is 43.7 Å². The summed E-state index contributed by atoms with van der Waals surface area (Å²) in [4.78, 5) is 13.8. The Morgan fingerprint density at radius 1 is 1.43 bits per heavy atom. The number of methoxy groups -OCH3 is 1. The van der Waals surface area contributed by atoms with Crippen molar-refractivity contribution in [2.24, 2.45) is 5.11 Å². The van der Waals surface area contributed by atoms with Gasteiger partial charge in [-0.05, 0) is 5.53 Å². The molecule has 0 bridgehead atoms. The van der Waals surface area contributed by atoms with Gasteiger partial charge in [-0.1, -0.05) is 5.11 Å². The average Bonchev–Trinajstić information content (AvgIpc) is 2.50. The Kier molecular flexibility index (Phi) is 8.20. The van der Waals surface area contributed by atoms with Crippen molar-refractivity contribution in [3.05, 3.63) is 10.4 Å². The van der Waals surface area contributed by atoms with E-state index in [4.69, 9.17) is 19.7 Å². The lowest BCUT2D eigenvalue weighted by molar-refractivity contribution is -0.267. The average molecular weight is 334 g/mol. The highest BCUT2D eigenvalue weighted by molar-refractivity contribution is 5.73. The van der Waals surface area contributed by atoms with Crippen molar-refractivity contribution in [3.63, 3.8) is 0 Å². The van der Waals surface area contributed by atoms with Crippen molar-refractivity contribution in [1.82, 2.24) is 5.32 Å². The van der Waals surface area contributed by atoms with Crippen LogP contribution in [0.25, 0.3) is 10.4 Å². The lowest BCUT2D eigenvalue weighted by Crippen LogP contribution is -2.64. The number of aliphatic hydroxyl groups is 3. The first-order chi connectivity index (χ1) is 10.9. The van der Waals surface area contributed by atoms with Crippen LogP contribution in [-0.2, 0) is 19.0 Å². The topological polar surface area (TPSA) is 166 Å². The molecule has 6 atom stereocenters. The molecule has 1 saturated heterocycles. The van der Waals surface area contributed by atoms with Gasteiger partial charge in [-0.3, -0.25) is 4.79 Å². The van der Waals surface area contributed by atoms with Crippen LogP contribution < -0.4 is 5.32 Å². The molecule has 1 heterocycles. The summed E-state index contributed by atoms with van der Waals surface area (Å²) in [6.07, 6.45) is -5.84. The largest absolute Gasteiger partial charge is 0.388 e. The predicted octanol–water partition coefficient (Wildman–Crippen LogP) is -1.73. The molecule has 11 nitrogen and oxygen atoms in total. The molecule has 0 aromatic heterocycles. The lowest BCUT2D eigenvalue weighted by Gasteiger charge is -2.42. The molecule has 23 heavy (non-hydrogen) atoms. The summed E-state index contributed by atoms with van der Waals surface area (Å²) in [5.41, 5.74) is 8.34. The van der Waals surface area contributed by atoms with Crippen LogP contribution >= 0.6 is 0 Å². The van der Waals surface area contributed by atoms with Crippen LogP contribution in [0.3, 0.4) is 0 Å². The number of azide groups is 1. The number of ether oxygens (including phenoxy) is 3. The van der Waals surface area contributed by atoms with E-state index in [1.807, 2.05) is 0 Å². The number of aliphatic hydroxyl groups excluding tert-OH is 3. The molecule has 1 aliphatic heterocycles. The summed E-state index contributed by atoms with van der Waals surface area (Å²) < 4.78 is 15.6. The fourth-order valence-electron chi connectivity index (χ4n) is 2.18. The summed E-state index contributed by atoms with van der Waals surface area (Å²) in [6.45, 7) is 0.875. The molecule has 0 aliphatic carbocycles. The Labute approximate surface area is 132 Å². The Balaban J connectivity index is 2.79. The molecule has 1 amide bonds. The smallest absolute Gasteiger partial charge is 0.217 e. The highest BCUT2D eigenvalue weighted by Gasteiger charge is 2.45. The molecule has 1 rings (SSSR count). The second-order valence-electron chi connectivity index (χ2n) is 5.11. The summed E-state index contributed by atoms with van der Waals surface area (Å²) in [7, 11) is 1.41. The maximum atomic E-state index is 11.3. The second kappa shape index (κ2) is 9.63. The minimum Gasteiger partial charge on any atom is -0.388 e. The van der Waals surface area contributed by atoms with Gasteiger partial charge in [-0.2, -0.15) is 0 Å². The molecule has 4 N–H and O–H groups in total.